The second-order valence-electron chi connectivity index (χ2n) is 3.00. The van der Waals surface area contributed by atoms with Crippen LogP contribution in [0, 0.1) is 0 Å². The van der Waals surface area contributed by atoms with E-state index in [1.807, 2.05) is 31.3 Å². The predicted molar refractivity (Wildman–Crippen MR) is 57.9 cm³/mol. The van der Waals surface area contributed by atoms with Gasteiger partial charge in [0.15, 0.2) is 0 Å². The van der Waals surface area contributed by atoms with Crippen LogP contribution in [-0.4, -0.2) is 7.05 Å². The quantitative estimate of drug-likeness (QED) is 0.515. The standard InChI is InChI=1S/C11H12N2/c1-13-10-7-3-5-8-4-2-6-9(12)11(8)10/h2-7,13H,12H2,1H3/i12+1,13+1. The molecule has 0 saturated carbocycles. The molecule has 0 unspecified atom stereocenters. The van der Waals surface area contributed by atoms with E-state index in [9.17, 15) is 0 Å². The van der Waals surface area contributed by atoms with Gasteiger partial charge in [0, 0.05) is 23.8 Å². The highest BCUT2D eigenvalue weighted by atomic mass is 15.6. The minimum Gasteiger partial charge on any atom is -0.398 e. The number of nitrogens with one attached hydrogen (secondary N) is 1. The Hall–Kier alpha value is -1.70. The molecule has 2 aromatic rings. The Labute approximate surface area is 77.4 Å². The van der Waals surface area contributed by atoms with Crippen molar-refractivity contribution in [1.29, 1.82) is 0 Å². The molecule has 66 valence electrons. The molecule has 0 radical (unpaired) electrons. The van der Waals surface area contributed by atoms with E-state index in [1.165, 1.54) is 5.39 Å². The molecule has 0 bridgehead atoms. The molecule has 3 N–H and O–H groups in total. The topological polar surface area (TPSA) is 38.0 Å². The summed E-state index contributed by atoms with van der Waals surface area (Å²) in [5.74, 6) is 0. The van der Waals surface area contributed by atoms with Crippen molar-refractivity contribution in [3.05, 3.63) is 36.4 Å². The van der Waals surface area contributed by atoms with Gasteiger partial charge in [-0.1, -0.05) is 24.3 Å². The molecule has 0 fully saturated rings. The molecule has 2 nitrogen and oxygen atoms in total. The first-order valence-electron chi connectivity index (χ1n) is 4.28. The van der Waals surface area contributed by atoms with Gasteiger partial charge in [-0.3, -0.25) is 0 Å². The Morgan fingerprint density at radius 1 is 1.08 bits per heavy atom. The third-order valence-corrected chi connectivity index (χ3v) is 2.21. The van der Waals surface area contributed by atoms with Crippen LogP contribution in [0.2, 0.25) is 0 Å². The van der Waals surface area contributed by atoms with Crippen LogP contribution in [0.3, 0.4) is 0 Å². The fourth-order valence-corrected chi connectivity index (χ4v) is 1.58. The number of hydrogen-bond acceptors (Lipinski definition) is 2. The number of nitrogens with two attached hydrogens (primary N) is 1. The number of hydrogen-bond donors (Lipinski definition) is 2. The number of benzene rings is 2. The van der Waals surface area contributed by atoms with Crippen LogP contribution in [0.4, 0.5) is 11.4 Å². The van der Waals surface area contributed by atoms with Crippen molar-refractivity contribution >= 4 is 22.1 Å². The molecule has 0 atom stereocenters. The zero-order valence-electron chi connectivity index (χ0n) is 7.54. The Morgan fingerprint density at radius 3 is 2.46 bits per heavy atom. The highest BCUT2D eigenvalue weighted by Gasteiger charge is 2.00. The molecule has 0 amide bonds. The zero-order chi connectivity index (χ0) is 9.26. The van der Waals surface area contributed by atoms with Crippen LogP contribution in [-0.2, 0) is 0 Å². The summed E-state index contributed by atoms with van der Waals surface area (Å²) in [6, 6.07) is 12.1. The van der Waals surface area contributed by atoms with E-state index in [0.29, 0.717) is 0 Å². The zero-order valence-corrected chi connectivity index (χ0v) is 7.54. The molecule has 0 aliphatic rings. The lowest BCUT2D eigenvalue weighted by molar-refractivity contribution is 1.54. The average molecular weight is 174 g/mol. The Kier molecular flexibility index (Phi) is 1.81. The molecule has 2 aromatic carbocycles. The van der Waals surface area contributed by atoms with E-state index in [1.54, 1.807) is 0 Å². The number of nitrogen functional groups attached to an aromatic ring is 1. The predicted octanol–water partition coefficient (Wildman–Crippen LogP) is 2.46. The molecule has 0 aliphatic carbocycles. The smallest absolute Gasteiger partial charge is 0.0438 e. The minimum atomic E-state index is 0.822. The van der Waals surface area contributed by atoms with Gasteiger partial charge < -0.3 is 11.1 Å². The highest BCUT2D eigenvalue weighted by molar-refractivity contribution is 6.02. The van der Waals surface area contributed by atoms with Gasteiger partial charge in [0.1, 0.15) is 0 Å². The molecule has 0 spiro atoms. The van der Waals surface area contributed by atoms with E-state index >= 15 is 0 Å². The summed E-state index contributed by atoms with van der Waals surface area (Å²) in [4.78, 5) is 0. The van der Waals surface area contributed by atoms with E-state index in [0.717, 1.165) is 16.8 Å². The van der Waals surface area contributed by atoms with Crippen molar-refractivity contribution < 1.29 is 0 Å². The maximum absolute atomic E-state index is 5.89. The Balaban J connectivity index is 2.87. The van der Waals surface area contributed by atoms with E-state index < -0.39 is 0 Å². The summed E-state index contributed by atoms with van der Waals surface area (Å²) in [5, 5.41) is 5.41. The third-order valence-electron chi connectivity index (χ3n) is 2.21. The van der Waals surface area contributed by atoms with Crippen molar-refractivity contribution in [1.82, 2.24) is 0 Å². The second-order valence-corrected chi connectivity index (χ2v) is 3.00. The largest absolute Gasteiger partial charge is 0.398 e. The van der Waals surface area contributed by atoms with Crippen molar-refractivity contribution in [2.24, 2.45) is 0 Å². The van der Waals surface area contributed by atoms with Gasteiger partial charge in [-0.15, -0.1) is 0 Å². The first-order valence-corrected chi connectivity index (χ1v) is 4.28. The molecular weight excluding hydrogens is 162 g/mol. The second kappa shape index (κ2) is 2.98. The number of anilines is 2. The minimum absolute atomic E-state index is 0.822. The number of rotatable bonds is 1. The van der Waals surface area contributed by atoms with Crippen molar-refractivity contribution in [2.75, 3.05) is 18.1 Å². The van der Waals surface area contributed by atoms with Gasteiger partial charge in [0.25, 0.3) is 0 Å². The third kappa shape index (κ3) is 1.20. The number of fused-ring (bicyclic) bond motifs is 1. The summed E-state index contributed by atoms with van der Waals surface area (Å²) in [6.07, 6.45) is 0. The van der Waals surface area contributed by atoms with Crippen LogP contribution in [0.1, 0.15) is 0 Å². The van der Waals surface area contributed by atoms with E-state index in [4.69, 9.17) is 5.73 Å². The van der Waals surface area contributed by atoms with Crippen LogP contribution < -0.4 is 11.1 Å². The van der Waals surface area contributed by atoms with Crippen LogP contribution in [0.15, 0.2) is 36.4 Å². The summed E-state index contributed by atoms with van der Waals surface area (Å²) < 4.78 is 0. The fourth-order valence-electron chi connectivity index (χ4n) is 1.58. The van der Waals surface area contributed by atoms with Gasteiger partial charge in [0.05, 0.1) is 0 Å². The first kappa shape index (κ1) is 7.92. The molecule has 0 heterocycles. The van der Waals surface area contributed by atoms with Crippen LogP contribution >= 0.6 is 0 Å². The first-order chi connectivity index (χ1) is 6.33. The Bertz CT molecular complexity index is 430. The van der Waals surface area contributed by atoms with Crippen molar-refractivity contribution in [2.45, 2.75) is 0 Å². The SMILES string of the molecule is C[15NH]c1cccc2cccc([15NH2])c12. The van der Waals surface area contributed by atoms with E-state index in [-0.39, 0.29) is 0 Å². The summed E-state index contributed by atoms with van der Waals surface area (Å²) in [7, 11) is 1.90. The van der Waals surface area contributed by atoms with E-state index in [2.05, 4.69) is 17.4 Å². The molecule has 2 rings (SSSR count). The lowest BCUT2D eigenvalue weighted by Crippen LogP contribution is -1.93. The van der Waals surface area contributed by atoms with Gasteiger partial charge in [-0.25, -0.2) is 0 Å². The molecular formula is C11H12N2. The highest BCUT2D eigenvalue weighted by Crippen LogP contribution is 2.27. The van der Waals surface area contributed by atoms with Crippen LogP contribution in [0.25, 0.3) is 10.8 Å². The summed E-state index contributed by atoms with van der Waals surface area (Å²) in [6.45, 7) is 0. The molecule has 0 aliphatic heterocycles. The van der Waals surface area contributed by atoms with Gasteiger partial charge >= 0.3 is 0 Å². The molecule has 2 heteroatoms. The normalized spacial score (nSPS) is 10.2. The van der Waals surface area contributed by atoms with Gasteiger partial charge in [-0.05, 0) is 17.5 Å². The van der Waals surface area contributed by atoms with Crippen LogP contribution in [0.5, 0.6) is 0 Å². The summed E-state index contributed by atoms with van der Waals surface area (Å²) in [5.41, 5.74) is 7.79. The fraction of sp³-hybridized carbons (Fsp3) is 0.0909. The van der Waals surface area contributed by atoms with Crippen molar-refractivity contribution in [3.8, 4) is 0 Å². The summed E-state index contributed by atoms with van der Waals surface area (Å²) >= 11 is 0. The molecule has 0 saturated heterocycles. The maximum atomic E-state index is 5.89. The monoisotopic (exact) mass is 174 g/mol. The Morgan fingerprint density at radius 2 is 1.77 bits per heavy atom. The lowest BCUT2D eigenvalue weighted by Gasteiger charge is -2.07. The van der Waals surface area contributed by atoms with Gasteiger partial charge in [0.2, 0.25) is 0 Å². The average Bonchev–Trinajstić information content (AvgIpc) is 2.17. The molecule has 13 heavy (non-hydrogen) atoms. The lowest BCUT2D eigenvalue weighted by atomic mass is 10.1. The molecule has 0 aromatic heterocycles. The maximum Gasteiger partial charge on any atom is 0.0438 e. The van der Waals surface area contributed by atoms with Gasteiger partial charge in [-0.2, -0.15) is 0 Å². The van der Waals surface area contributed by atoms with Crippen molar-refractivity contribution in [3.63, 3.8) is 0 Å².